The second kappa shape index (κ2) is 10.6. The van der Waals surface area contributed by atoms with E-state index < -0.39 is 15.3 Å². The van der Waals surface area contributed by atoms with Crippen LogP contribution in [0.5, 0.6) is 11.5 Å². The Morgan fingerprint density at radius 3 is 2.18 bits per heavy atom. The standard InChI is InChI=1S/C23H24Cl3NO5S/c1-23(2,16-11-19(25)22(20(26)12-16)30-10-4-9-24)15-5-7-17(8-6-15)31-14-18-13-21(27-32-18)33(3,28)29/h5-8,11-13H,4,9-10,14H2,1-3H3. The molecule has 0 unspecified atom stereocenters. The highest BCUT2D eigenvalue weighted by Gasteiger charge is 2.26. The van der Waals surface area contributed by atoms with E-state index in [-0.39, 0.29) is 11.6 Å². The van der Waals surface area contributed by atoms with Crippen LogP contribution in [-0.2, 0) is 21.9 Å². The van der Waals surface area contributed by atoms with E-state index >= 15 is 0 Å². The predicted molar refractivity (Wildman–Crippen MR) is 130 cm³/mol. The van der Waals surface area contributed by atoms with Crippen LogP contribution in [-0.4, -0.2) is 32.3 Å². The maximum atomic E-state index is 11.5. The number of halogens is 3. The van der Waals surface area contributed by atoms with Crippen molar-refractivity contribution in [3.05, 3.63) is 69.4 Å². The number of rotatable bonds is 10. The molecule has 0 aliphatic carbocycles. The van der Waals surface area contributed by atoms with Crippen LogP contribution in [0.1, 0.15) is 37.2 Å². The highest BCUT2D eigenvalue weighted by molar-refractivity contribution is 7.90. The van der Waals surface area contributed by atoms with E-state index in [1.165, 1.54) is 6.07 Å². The van der Waals surface area contributed by atoms with Gasteiger partial charge in [-0.1, -0.05) is 54.3 Å². The lowest BCUT2D eigenvalue weighted by molar-refractivity contribution is 0.247. The smallest absolute Gasteiger partial charge is 0.198 e. The van der Waals surface area contributed by atoms with Crippen molar-refractivity contribution in [3.8, 4) is 11.5 Å². The minimum Gasteiger partial charge on any atom is -0.490 e. The van der Waals surface area contributed by atoms with Crippen molar-refractivity contribution < 1.29 is 22.4 Å². The predicted octanol–water partition coefficient (Wildman–Crippen LogP) is 6.30. The molecule has 0 amide bonds. The van der Waals surface area contributed by atoms with Gasteiger partial charge in [0.2, 0.25) is 0 Å². The fraction of sp³-hybridized carbons (Fsp3) is 0.348. The van der Waals surface area contributed by atoms with E-state index in [1.54, 1.807) is 0 Å². The lowest BCUT2D eigenvalue weighted by Crippen LogP contribution is -2.19. The SMILES string of the molecule is CC(C)(c1ccc(OCc2cc(S(C)(=O)=O)no2)cc1)c1cc(Cl)c(OCCCCl)c(Cl)c1. The van der Waals surface area contributed by atoms with Crippen molar-refractivity contribution in [1.82, 2.24) is 5.16 Å². The third kappa shape index (κ3) is 6.35. The van der Waals surface area contributed by atoms with E-state index in [4.69, 9.17) is 48.8 Å². The van der Waals surface area contributed by atoms with Gasteiger partial charge in [-0.15, -0.1) is 11.6 Å². The third-order valence-corrected chi connectivity index (χ3v) is 6.90. The van der Waals surface area contributed by atoms with Crippen LogP contribution < -0.4 is 9.47 Å². The quantitative estimate of drug-likeness (QED) is 0.225. The fourth-order valence-corrected chi connectivity index (χ4v) is 4.34. The summed E-state index contributed by atoms with van der Waals surface area (Å²) in [5.74, 6) is 1.88. The van der Waals surface area contributed by atoms with E-state index in [0.29, 0.717) is 46.2 Å². The van der Waals surface area contributed by atoms with Crippen LogP contribution in [0.2, 0.25) is 10.0 Å². The molecule has 2 aromatic carbocycles. The Morgan fingerprint density at radius 1 is 1.00 bits per heavy atom. The van der Waals surface area contributed by atoms with Gasteiger partial charge in [0.25, 0.3) is 0 Å². The normalized spacial score (nSPS) is 12.1. The van der Waals surface area contributed by atoms with Crippen LogP contribution in [0.3, 0.4) is 0 Å². The van der Waals surface area contributed by atoms with Crippen LogP contribution in [0, 0.1) is 0 Å². The Labute approximate surface area is 208 Å². The molecule has 0 fully saturated rings. The molecule has 10 heteroatoms. The van der Waals surface area contributed by atoms with E-state index in [0.717, 1.165) is 17.4 Å². The molecule has 178 valence electrons. The molecule has 6 nitrogen and oxygen atoms in total. The Bertz CT molecular complexity index is 1180. The molecule has 3 rings (SSSR count). The van der Waals surface area contributed by atoms with Crippen molar-refractivity contribution >= 4 is 44.6 Å². The highest BCUT2D eigenvalue weighted by Crippen LogP contribution is 2.40. The zero-order chi connectivity index (χ0) is 24.2. The molecule has 1 aromatic heterocycles. The Morgan fingerprint density at radius 2 is 1.64 bits per heavy atom. The summed E-state index contributed by atoms with van der Waals surface area (Å²) >= 11 is 18.6. The molecule has 0 spiro atoms. The maximum Gasteiger partial charge on any atom is 0.198 e. The zero-order valence-corrected chi connectivity index (χ0v) is 21.5. The molecular formula is C23H24Cl3NO5S. The summed E-state index contributed by atoms with van der Waals surface area (Å²) in [5, 5.41) is 4.31. The zero-order valence-electron chi connectivity index (χ0n) is 18.4. The molecule has 0 bridgehead atoms. The Balaban J connectivity index is 1.72. The van der Waals surface area contributed by atoms with Gasteiger partial charge in [-0.05, 0) is 41.8 Å². The summed E-state index contributed by atoms with van der Waals surface area (Å²) in [6.07, 6.45) is 1.77. The number of hydrogen-bond acceptors (Lipinski definition) is 6. The van der Waals surface area contributed by atoms with Gasteiger partial charge in [-0.3, -0.25) is 0 Å². The second-order valence-corrected chi connectivity index (χ2v) is 11.2. The number of nitrogens with zero attached hydrogens (tertiary/aromatic N) is 1. The van der Waals surface area contributed by atoms with Gasteiger partial charge in [0, 0.05) is 23.6 Å². The van der Waals surface area contributed by atoms with E-state index in [2.05, 4.69) is 19.0 Å². The first-order valence-corrected chi connectivity index (χ1v) is 13.3. The van der Waals surface area contributed by atoms with Gasteiger partial charge in [-0.25, -0.2) is 8.42 Å². The monoisotopic (exact) mass is 531 g/mol. The topological polar surface area (TPSA) is 78.6 Å². The van der Waals surface area contributed by atoms with Crippen molar-refractivity contribution in [3.63, 3.8) is 0 Å². The summed E-state index contributed by atoms with van der Waals surface area (Å²) in [4.78, 5) is 0. The lowest BCUT2D eigenvalue weighted by atomic mass is 9.78. The third-order valence-electron chi connectivity index (χ3n) is 5.12. The van der Waals surface area contributed by atoms with Crippen LogP contribution in [0.15, 0.2) is 52.0 Å². The van der Waals surface area contributed by atoms with Crippen LogP contribution >= 0.6 is 34.8 Å². The summed E-state index contributed by atoms with van der Waals surface area (Å²) < 4.78 is 39.4. The van der Waals surface area contributed by atoms with Crippen molar-refractivity contribution in [2.24, 2.45) is 0 Å². The summed E-state index contributed by atoms with van der Waals surface area (Å²) in [7, 11) is -3.42. The highest BCUT2D eigenvalue weighted by atomic mass is 35.5. The van der Waals surface area contributed by atoms with Crippen LogP contribution in [0.4, 0.5) is 0 Å². The maximum absolute atomic E-state index is 11.5. The van der Waals surface area contributed by atoms with Gasteiger partial charge in [0.05, 0.1) is 16.7 Å². The first kappa shape index (κ1) is 25.7. The summed E-state index contributed by atoms with van der Waals surface area (Å²) in [5.41, 5.74) is 1.57. The number of hydrogen-bond donors (Lipinski definition) is 0. The molecule has 0 aliphatic heterocycles. The second-order valence-electron chi connectivity index (χ2n) is 8.00. The average Bonchev–Trinajstić information content (AvgIpc) is 3.24. The van der Waals surface area contributed by atoms with Crippen molar-refractivity contribution in [2.75, 3.05) is 18.7 Å². The first-order chi connectivity index (χ1) is 15.5. The number of sulfone groups is 1. The molecule has 0 saturated heterocycles. The Kier molecular flexibility index (Phi) is 8.22. The van der Waals surface area contributed by atoms with Gasteiger partial charge >= 0.3 is 0 Å². The number of aromatic nitrogens is 1. The minimum absolute atomic E-state index is 0.0572. The van der Waals surface area contributed by atoms with Gasteiger partial charge in [0.15, 0.2) is 26.4 Å². The molecule has 33 heavy (non-hydrogen) atoms. The molecule has 0 atom stereocenters. The van der Waals surface area contributed by atoms with Crippen molar-refractivity contribution in [2.45, 2.75) is 37.3 Å². The molecule has 0 saturated carbocycles. The lowest BCUT2D eigenvalue weighted by Gasteiger charge is -2.27. The van der Waals surface area contributed by atoms with Gasteiger partial charge in [0.1, 0.15) is 12.4 Å². The van der Waals surface area contributed by atoms with E-state index in [9.17, 15) is 8.42 Å². The molecule has 1 heterocycles. The molecule has 3 aromatic rings. The largest absolute Gasteiger partial charge is 0.490 e. The van der Waals surface area contributed by atoms with Crippen LogP contribution in [0.25, 0.3) is 0 Å². The van der Waals surface area contributed by atoms with Gasteiger partial charge < -0.3 is 14.0 Å². The molecule has 0 N–H and O–H groups in total. The number of benzene rings is 2. The van der Waals surface area contributed by atoms with Crippen molar-refractivity contribution in [1.29, 1.82) is 0 Å². The molecular weight excluding hydrogens is 509 g/mol. The first-order valence-electron chi connectivity index (χ1n) is 10.1. The Hall–Kier alpha value is -1.93. The van der Waals surface area contributed by atoms with Gasteiger partial charge in [-0.2, -0.15) is 0 Å². The molecule has 0 radical (unpaired) electrons. The average molecular weight is 533 g/mol. The number of alkyl halides is 1. The summed E-state index contributed by atoms with van der Waals surface area (Å²) in [6, 6.07) is 12.6. The van der Waals surface area contributed by atoms with E-state index in [1.807, 2.05) is 36.4 Å². The summed E-state index contributed by atoms with van der Waals surface area (Å²) in [6.45, 7) is 4.64. The molecule has 0 aliphatic rings. The number of ether oxygens (including phenoxy) is 2. The fourth-order valence-electron chi connectivity index (χ4n) is 3.11. The minimum atomic E-state index is -3.42.